The van der Waals surface area contributed by atoms with Crippen LogP contribution in [0.25, 0.3) is 0 Å². The molecule has 0 atom stereocenters. The Labute approximate surface area is 109 Å². The Morgan fingerprint density at radius 3 is 2.50 bits per heavy atom. The van der Waals surface area contributed by atoms with Crippen LogP contribution in [-0.4, -0.2) is 30.4 Å². The van der Waals surface area contributed by atoms with E-state index in [1.54, 1.807) is 0 Å². The highest BCUT2D eigenvalue weighted by Crippen LogP contribution is 2.22. The number of hydrogen-bond donors (Lipinski definition) is 1. The first-order valence-corrected chi connectivity index (χ1v) is 6.85. The zero-order valence-corrected chi connectivity index (χ0v) is 10.8. The van der Waals surface area contributed by atoms with Crippen LogP contribution in [0, 0.1) is 5.92 Å². The maximum atomic E-state index is 12.2. The van der Waals surface area contributed by atoms with E-state index in [4.69, 9.17) is 5.73 Å². The Morgan fingerprint density at radius 2 is 1.89 bits per heavy atom. The first-order valence-electron chi connectivity index (χ1n) is 6.85. The Morgan fingerprint density at radius 1 is 1.22 bits per heavy atom. The van der Waals surface area contributed by atoms with Crippen molar-refractivity contribution >= 4 is 5.91 Å². The minimum Gasteiger partial charge on any atom is -0.339 e. The fourth-order valence-corrected chi connectivity index (χ4v) is 2.59. The molecule has 1 aliphatic heterocycles. The average Bonchev–Trinajstić information content (AvgIpc) is 2.46. The normalized spacial score (nSPS) is 16.8. The molecular formula is C15H22N2O. The van der Waals surface area contributed by atoms with E-state index >= 15 is 0 Å². The van der Waals surface area contributed by atoms with Gasteiger partial charge in [0.2, 0.25) is 0 Å². The van der Waals surface area contributed by atoms with Crippen molar-refractivity contribution in [3.05, 3.63) is 35.9 Å². The maximum Gasteiger partial charge on any atom is 0.253 e. The lowest BCUT2D eigenvalue weighted by molar-refractivity contribution is 0.0686. The molecule has 0 spiro atoms. The maximum absolute atomic E-state index is 12.2. The van der Waals surface area contributed by atoms with Gasteiger partial charge in [-0.2, -0.15) is 0 Å². The lowest BCUT2D eigenvalue weighted by Crippen LogP contribution is -2.38. The summed E-state index contributed by atoms with van der Waals surface area (Å²) in [6, 6.07) is 9.56. The van der Waals surface area contributed by atoms with E-state index in [1.165, 1.54) is 6.42 Å². The summed E-state index contributed by atoms with van der Waals surface area (Å²) in [7, 11) is 0. The van der Waals surface area contributed by atoms with Crippen LogP contribution < -0.4 is 5.73 Å². The number of carbonyl (C=O) groups is 1. The Balaban J connectivity index is 1.84. The molecule has 18 heavy (non-hydrogen) atoms. The summed E-state index contributed by atoms with van der Waals surface area (Å²) in [5.74, 6) is 0.932. The van der Waals surface area contributed by atoms with Crippen LogP contribution in [0.4, 0.5) is 0 Å². The molecule has 1 aliphatic rings. The molecule has 1 aromatic carbocycles. The minimum atomic E-state index is 0.174. The molecule has 98 valence electrons. The van der Waals surface area contributed by atoms with Crippen LogP contribution >= 0.6 is 0 Å². The van der Waals surface area contributed by atoms with Gasteiger partial charge in [0.05, 0.1) is 0 Å². The summed E-state index contributed by atoms with van der Waals surface area (Å²) in [5.41, 5.74) is 6.34. The third kappa shape index (κ3) is 3.33. The molecule has 1 amide bonds. The molecule has 3 nitrogen and oxygen atoms in total. The molecule has 1 aromatic rings. The number of benzene rings is 1. The van der Waals surface area contributed by atoms with Crippen LogP contribution in [0.5, 0.6) is 0 Å². The number of amides is 1. The van der Waals surface area contributed by atoms with Crippen molar-refractivity contribution in [3.8, 4) is 0 Å². The summed E-state index contributed by atoms with van der Waals surface area (Å²) >= 11 is 0. The monoisotopic (exact) mass is 246 g/mol. The van der Waals surface area contributed by atoms with Crippen molar-refractivity contribution in [2.24, 2.45) is 11.7 Å². The van der Waals surface area contributed by atoms with Crippen LogP contribution in [-0.2, 0) is 0 Å². The molecule has 1 heterocycles. The predicted molar refractivity (Wildman–Crippen MR) is 73.4 cm³/mol. The summed E-state index contributed by atoms with van der Waals surface area (Å²) in [6.45, 7) is 2.56. The largest absolute Gasteiger partial charge is 0.339 e. The van der Waals surface area contributed by atoms with E-state index in [0.29, 0.717) is 0 Å². The van der Waals surface area contributed by atoms with E-state index in [9.17, 15) is 4.79 Å². The Kier molecular flexibility index (Phi) is 4.76. The van der Waals surface area contributed by atoms with E-state index in [0.717, 1.165) is 50.4 Å². The molecule has 0 saturated carbocycles. The van der Waals surface area contributed by atoms with Gasteiger partial charge < -0.3 is 10.6 Å². The number of piperidine rings is 1. The van der Waals surface area contributed by atoms with Crippen molar-refractivity contribution in [2.45, 2.75) is 25.7 Å². The highest BCUT2D eigenvalue weighted by atomic mass is 16.2. The Hall–Kier alpha value is -1.35. The molecule has 2 N–H and O–H groups in total. The van der Waals surface area contributed by atoms with E-state index in [-0.39, 0.29) is 5.91 Å². The quantitative estimate of drug-likeness (QED) is 0.886. The third-order valence-corrected chi connectivity index (χ3v) is 3.74. The van der Waals surface area contributed by atoms with Gasteiger partial charge in [-0.1, -0.05) is 18.2 Å². The number of hydrogen-bond acceptors (Lipinski definition) is 2. The van der Waals surface area contributed by atoms with Crippen molar-refractivity contribution in [1.29, 1.82) is 0 Å². The Bertz CT molecular complexity index is 369. The van der Waals surface area contributed by atoms with Crippen LogP contribution in [0.2, 0.25) is 0 Å². The van der Waals surface area contributed by atoms with Gasteiger partial charge in [0.15, 0.2) is 0 Å². The van der Waals surface area contributed by atoms with Crippen molar-refractivity contribution in [3.63, 3.8) is 0 Å². The van der Waals surface area contributed by atoms with Crippen molar-refractivity contribution < 1.29 is 4.79 Å². The number of nitrogens with two attached hydrogens (primary N) is 1. The minimum absolute atomic E-state index is 0.174. The summed E-state index contributed by atoms with van der Waals surface area (Å²) in [5, 5.41) is 0. The second-order valence-electron chi connectivity index (χ2n) is 5.03. The molecule has 1 saturated heterocycles. The lowest BCUT2D eigenvalue weighted by atomic mass is 9.92. The zero-order chi connectivity index (χ0) is 12.8. The smallest absolute Gasteiger partial charge is 0.253 e. The van der Waals surface area contributed by atoms with Gasteiger partial charge in [-0.25, -0.2) is 0 Å². The van der Waals surface area contributed by atoms with Gasteiger partial charge in [-0.05, 0) is 50.3 Å². The molecule has 3 heteroatoms. The molecule has 0 bridgehead atoms. The summed E-state index contributed by atoms with van der Waals surface area (Å²) < 4.78 is 0. The van der Waals surface area contributed by atoms with Gasteiger partial charge in [-0.3, -0.25) is 4.79 Å². The number of nitrogens with zero attached hydrogens (tertiary/aromatic N) is 1. The van der Waals surface area contributed by atoms with Gasteiger partial charge in [0, 0.05) is 18.7 Å². The summed E-state index contributed by atoms with van der Waals surface area (Å²) in [4.78, 5) is 14.2. The van der Waals surface area contributed by atoms with E-state index in [1.807, 2.05) is 35.2 Å². The molecule has 0 unspecified atom stereocenters. The SMILES string of the molecule is NCCCC1CCN(C(=O)c2ccccc2)CC1. The first-order chi connectivity index (χ1) is 8.81. The molecule has 0 radical (unpaired) electrons. The fraction of sp³-hybridized carbons (Fsp3) is 0.533. The zero-order valence-electron chi connectivity index (χ0n) is 10.8. The summed E-state index contributed by atoms with van der Waals surface area (Å²) in [6.07, 6.45) is 4.57. The second-order valence-corrected chi connectivity index (χ2v) is 5.03. The number of rotatable bonds is 4. The standard InChI is InChI=1S/C15H22N2O/c16-10-4-5-13-8-11-17(12-9-13)15(18)14-6-2-1-3-7-14/h1-3,6-7,13H,4-5,8-12,16H2. The molecular weight excluding hydrogens is 224 g/mol. The van der Waals surface area contributed by atoms with Crippen LogP contribution in [0.15, 0.2) is 30.3 Å². The van der Waals surface area contributed by atoms with Crippen molar-refractivity contribution in [2.75, 3.05) is 19.6 Å². The van der Waals surface area contributed by atoms with Gasteiger partial charge in [0.25, 0.3) is 5.91 Å². The van der Waals surface area contributed by atoms with E-state index in [2.05, 4.69) is 0 Å². The number of likely N-dealkylation sites (tertiary alicyclic amines) is 1. The van der Waals surface area contributed by atoms with Crippen molar-refractivity contribution in [1.82, 2.24) is 4.90 Å². The predicted octanol–water partition coefficient (Wildman–Crippen LogP) is 2.28. The lowest BCUT2D eigenvalue weighted by Gasteiger charge is -2.32. The van der Waals surface area contributed by atoms with Gasteiger partial charge in [0.1, 0.15) is 0 Å². The van der Waals surface area contributed by atoms with Crippen LogP contribution in [0.1, 0.15) is 36.0 Å². The topological polar surface area (TPSA) is 46.3 Å². The molecule has 2 rings (SSSR count). The van der Waals surface area contributed by atoms with E-state index < -0.39 is 0 Å². The highest BCUT2D eigenvalue weighted by Gasteiger charge is 2.22. The molecule has 1 fully saturated rings. The molecule has 0 aromatic heterocycles. The van der Waals surface area contributed by atoms with Gasteiger partial charge in [-0.15, -0.1) is 0 Å². The first kappa shape index (κ1) is 13.1. The van der Waals surface area contributed by atoms with Crippen LogP contribution in [0.3, 0.4) is 0 Å². The second kappa shape index (κ2) is 6.55. The highest BCUT2D eigenvalue weighted by molar-refractivity contribution is 5.94. The fourth-order valence-electron chi connectivity index (χ4n) is 2.59. The average molecular weight is 246 g/mol. The van der Waals surface area contributed by atoms with Gasteiger partial charge >= 0.3 is 0 Å². The third-order valence-electron chi connectivity index (χ3n) is 3.74. The number of carbonyl (C=O) groups excluding carboxylic acids is 1. The molecule has 0 aliphatic carbocycles.